The molecule has 0 aromatic carbocycles. The summed E-state index contributed by atoms with van der Waals surface area (Å²) in [6, 6.07) is 0. The van der Waals surface area contributed by atoms with Crippen molar-refractivity contribution in [3.05, 3.63) is 0 Å². The van der Waals surface area contributed by atoms with Crippen LogP contribution in [-0.2, 0) is 4.74 Å². The molecule has 2 fully saturated rings. The van der Waals surface area contributed by atoms with Crippen molar-refractivity contribution in [3.63, 3.8) is 0 Å². The van der Waals surface area contributed by atoms with Gasteiger partial charge in [-0.2, -0.15) is 0 Å². The highest BCUT2D eigenvalue weighted by Crippen LogP contribution is 2.49. The fraction of sp³-hybridized carbons (Fsp3) is 1.00. The molecule has 0 aromatic heterocycles. The van der Waals surface area contributed by atoms with Crippen molar-refractivity contribution in [3.8, 4) is 0 Å². The predicted octanol–water partition coefficient (Wildman–Crippen LogP) is 1.61. The third-order valence-corrected chi connectivity index (χ3v) is 3.83. The maximum absolute atomic E-state index is 5.93. The Morgan fingerprint density at radius 1 is 1.38 bits per heavy atom. The zero-order valence-corrected chi connectivity index (χ0v) is 11.0. The first-order valence-corrected chi connectivity index (χ1v) is 6.55. The molecule has 16 heavy (non-hydrogen) atoms. The van der Waals surface area contributed by atoms with E-state index >= 15 is 0 Å². The van der Waals surface area contributed by atoms with E-state index in [4.69, 9.17) is 10.5 Å². The van der Waals surface area contributed by atoms with Crippen LogP contribution in [0.1, 0.15) is 40.0 Å². The van der Waals surface area contributed by atoms with E-state index in [0.717, 1.165) is 19.6 Å². The lowest BCUT2D eigenvalue weighted by Gasteiger charge is -2.43. The number of hydrogen-bond donors (Lipinski definition) is 1. The van der Waals surface area contributed by atoms with Gasteiger partial charge < -0.3 is 10.5 Å². The summed E-state index contributed by atoms with van der Waals surface area (Å²) < 4.78 is 5.93. The number of nitrogens with zero attached hydrogens (tertiary/aromatic N) is 1. The maximum Gasteiger partial charge on any atom is 0.0757 e. The second-order valence-corrected chi connectivity index (χ2v) is 6.40. The molecular weight excluding hydrogens is 200 g/mol. The lowest BCUT2D eigenvalue weighted by Crippen LogP contribution is -2.53. The van der Waals surface area contributed by atoms with Crippen LogP contribution < -0.4 is 5.73 Å². The summed E-state index contributed by atoms with van der Waals surface area (Å²) in [5.41, 5.74) is 6.26. The van der Waals surface area contributed by atoms with Crippen LogP contribution in [0.3, 0.4) is 0 Å². The lowest BCUT2D eigenvalue weighted by molar-refractivity contribution is -0.131. The molecule has 0 aromatic rings. The molecule has 0 bridgehead atoms. The summed E-state index contributed by atoms with van der Waals surface area (Å²) in [5, 5.41) is 0. The molecule has 0 amide bonds. The lowest BCUT2D eigenvalue weighted by atomic mass is 9.99. The molecule has 1 heterocycles. The summed E-state index contributed by atoms with van der Waals surface area (Å²) in [6.45, 7) is 10.8. The second-order valence-electron chi connectivity index (χ2n) is 6.40. The monoisotopic (exact) mass is 226 g/mol. The molecule has 1 unspecified atom stereocenters. The molecule has 2 N–H and O–H groups in total. The molecule has 94 valence electrons. The van der Waals surface area contributed by atoms with Gasteiger partial charge in [-0.3, -0.25) is 4.90 Å². The van der Waals surface area contributed by atoms with Gasteiger partial charge in [0.25, 0.3) is 0 Å². The molecule has 1 atom stereocenters. The second kappa shape index (κ2) is 4.28. The smallest absolute Gasteiger partial charge is 0.0757 e. The maximum atomic E-state index is 5.93. The Labute approximate surface area is 99.3 Å². The summed E-state index contributed by atoms with van der Waals surface area (Å²) in [6.07, 6.45) is 4.30. The Balaban J connectivity index is 1.90. The van der Waals surface area contributed by atoms with Crippen LogP contribution in [0, 0.1) is 5.41 Å². The Bertz CT molecular complexity index is 248. The van der Waals surface area contributed by atoms with Gasteiger partial charge in [0, 0.05) is 19.6 Å². The highest BCUT2D eigenvalue weighted by atomic mass is 16.5. The molecular formula is C13H26N2O. The van der Waals surface area contributed by atoms with Crippen molar-refractivity contribution in [1.82, 2.24) is 4.90 Å². The third kappa shape index (κ3) is 2.96. The standard InChI is InChI=1S/C13H26N2O/c1-11-8-15(9-12(2,3)16-11)10-13(4-5-13)6-7-14/h11H,4-10,14H2,1-3H3. The largest absolute Gasteiger partial charge is 0.370 e. The van der Waals surface area contributed by atoms with E-state index < -0.39 is 0 Å². The van der Waals surface area contributed by atoms with Crippen LogP contribution in [0.5, 0.6) is 0 Å². The van der Waals surface area contributed by atoms with Crippen molar-refractivity contribution >= 4 is 0 Å². The minimum atomic E-state index is 0.0104. The summed E-state index contributed by atoms with van der Waals surface area (Å²) >= 11 is 0. The van der Waals surface area contributed by atoms with Gasteiger partial charge in [0.1, 0.15) is 0 Å². The molecule has 0 radical (unpaired) electrons. The Hall–Kier alpha value is -0.120. The molecule has 3 heteroatoms. The summed E-state index contributed by atoms with van der Waals surface area (Å²) in [5.74, 6) is 0. The Morgan fingerprint density at radius 2 is 2.06 bits per heavy atom. The Morgan fingerprint density at radius 3 is 2.56 bits per heavy atom. The zero-order valence-electron chi connectivity index (χ0n) is 11.0. The quantitative estimate of drug-likeness (QED) is 0.791. The highest BCUT2D eigenvalue weighted by molar-refractivity contribution is 4.97. The fourth-order valence-electron chi connectivity index (χ4n) is 3.15. The normalized spacial score (nSPS) is 32.6. The number of rotatable bonds is 4. The minimum Gasteiger partial charge on any atom is -0.370 e. The van der Waals surface area contributed by atoms with Crippen LogP contribution >= 0.6 is 0 Å². The van der Waals surface area contributed by atoms with Crippen LogP contribution in [-0.4, -0.2) is 42.8 Å². The van der Waals surface area contributed by atoms with E-state index in [-0.39, 0.29) is 5.60 Å². The minimum absolute atomic E-state index is 0.0104. The van der Waals surface area contributed by atoms with Gasteiger partial charge in [-0.05, 0) is 52.0 Å². The average Bonchev–Trinajstić information content (AvgIpc) is 2.81. The first kappa shape index (κ1) is 12.3. The summed E-state index contributed by atoms with van der Waals surface area (Å²) in [7, 11) is 0. The zero-order chi connectivity index (χ0) is 11.8. The first-order valence-electron chi connectivity index (χ1n) is 6.55. The molecule has 2 rings (SSSR count). The van der Waals surface area contributed by atoms with E-state index in [9.17, 15) is 0 Å². The van der Waals surface area contributed by atoms with Crippen LogP contribution in [0.15, 0.2) is 0 Å². The average molecular weight is 226 g/mol. The predicted molar refractivity (Wildman–Crippen MR) is 66.4 cm³/mol. The molecule has 1 saturated heterocycles. The molecule has 1 aliphatic carbocycles. The van der Waals surface area contributed by atoms with Gasteiger partial charge in [-0.25, -0.2) is 0 Å². The van der Waals surface area contributed by atoms with E-state index in [2.05, 4.69) is 25.7 Å². The van der Waals surface area contributed by atoms with Crippen LogP contribution in [0.2, 0.25) is 0 Å². The molecule has 1 aliphatic heterocycles. The topological polar surface area (TPSA) is 38.5 Å². The SMILES string of the molecule is CC1CN(CC2(CCN)CC2)CC(C)(C)O1. The van der Waals surface area contributed by atoms with Crippen molar-refractivity contribution in [2.24, 2.45) is 11.1 Å². The number of ether oxygens (including phenoxy) is 1. The number of nitrogens with two attached hydrogens (primary N) is 1. The van der Waals surface area contributed by atoms with Gasteiger partial charge in [0.2, 0.25) is 0 Å². The van der Waals surface area contributed by atoms with Crippen molar-refractivity contribution in [2.75, 3.05) is 26.2 Å². The van der Waals surface area contributed by atoms with Crippen molar-refractivity contribution in [1.29, 1.82) is 0 Å². The van der Waals surface area contributed by atoms with E-state index in [0.29, 0.717) is 11.5 Å². The molecule has 0 spiro atoms. The number of morpholine rings is 1. The van der Waals surface area contributed by atoms with Gasteiger partial charge in [-0.1, -0.05) is 0 Å². The van der Waals surface area contributed by atoms with Gasteiger partial charge in [0.15, 0.2) is 0 Å². The van der Waals surface area contributed by atoms with Crippen molar-refractivity contribution < 1.29 is 4.74 Å². The van der Waals surface area contributed by atoms with Crippen molar-refractivity contribution in [2.45, 2.75) is 51.7 Å². The summed E-state index contributed by atoms with van der Waals surface area (Å²) in [4.78, 5) is 2.58. The fourth-order valence-corrected chi connectivity index (χ4v) is 3.15. The van der Waals surface area contributed by atoms with Crippen LogP contribution in [0.4, 0.5) is 0 Å². The van der Waals surface area contributed by atoms with Gasteiger partial charge >= 0.3 is 0 Å². The van der Waals surface area contributed by atoms with E-state index in [1.165, 1.54) is 25.8 Å². The third-order valence-electron chi connectivity index (χ3n) is 3.83. The molecule has 1 saturated carbocycles. The van der Waals surface area contributed by atoms with Gasteiger partial charge in [0.05, 0.1) is 11.7 Å². The molecule has 3 nitrogen and oxygen atoms in total. The van der Waals surface area contributed by atoms with E-state index in [1.54, 1.807) is 0 Å². The van der Waals surface area contributed by atoms with E-state index in [1.807, 2.05) is 0 Å². The van der Waals surface area contributed by atoms with Crippen LogP contribution in [0.25, 0.3) is 0 Å². The first-order chi connectivity index (χ1) is 7.45. The number of hydrogen-bond acceptors (Lipinski definition) is 3. The molecule has 2 aliphatic rings. The highest BCUT2D eigenvalue weighted by Gasteiger charge is 2.44. The van der Waals surface area contributed by atoms with Gasteiger partial charge in [-0.15, -0.1) is 0 Å². The Kier molecular flexibility index (Phi) is 3.30.